The summed E-state index contributed by atoms with van der Waals surface area (Å²) in [5.74, 6) is 6.06. The quantitative estimate of drug-likeness (QED) is 0.528. The van der Waals surface area contributed by atoms with Gasteiger partial charge in [0.05, 0.1) is 5.69 Å². The lowest BCUT2D eigenvalue weighted by Gasteiger charge is -2.43. The number of fused-ring (bicyclic) bond motifs is 1. The predicted molar refractivity (Wildman–Crippen MR) is 117 cm³/mol. The van der Waals surface area contributed by atoms with E-state index in [2.05, 4.69) is 32.6 Å². The molecule has 0 aromatic heterocycles. The molecule has 3 rings (SSSR count). The summed E-state index contributed by atoms with van der Waals surface area (Å²) in [5, 5.41) is 2.36. The molecular weight excluding hydrogens is 393 g/mol. The van der Waals surface area contributed by atoms with Crippen LogP contribution in [0.5, 0.6) is 0 Å². The number of hydrogen-bond acceptors (Lipinski definition) is 3. The van der Waals surface area contributed by atoms with Gasteiger partial charge < -0.3 is 0 Å². The molecule has 1 atom stereocenters. The van der Waals surface area contributed by atoms with Gasteiger partial charge >= 0.3 is 0 Å². The molecule has 1 unspecified atom stereocenters. The first-order valence-corrected chi connectivity index (χ1v) is 10.3. The summed E-state index contributed by atoms with van der Waals surface area (Å²) in [6, 6.07) is 12.9. The first-order chi connectivity index (χ1) is 13.2. The first kappa shape index (κ1) is 21.1. The Labute approximate surface area is 177 Å². The third-order valence-electron chi connectivity index (χ3n) is 5.91. The van der Waals surface area contributed by atoms with Gasteiger partial charge in [0.1, 0.15) is 5.41 Å². The summed E-state index contributed by atoms with van der Waals surface area (Å²) in [4.78, 5) is 16.1. The fourth-order valence-electron chi connectivity index (χ4n) is 4.66. The number of anilines is 1. The van der Waals surface area contributed by atoms with Crippen LogP contribution in [-0.2, 0) is 10.2 Å². The van der Waals surface area contributed by atoms with Crippen molar-refractivity contribution >= 4 is 34.8 Å². The van der Waals surface area contributed by atoms with Gasteiger partial charge in [0.15, 0.2) is 0 Å². The number of nitrogens with two attached hydrogens (primary N) is 1. The SMILES string of the molecule is CCN(CC)C(C)(C)CC1(c2ccccc2Cl)C(=O)N(N)c2ccc(Cl)cc21. The van der Waals surface area contributed by atoms with Gasteiger partial charge in [-0.25, -0.2) is 10.9 Å². The molecule has 6 heteroatoms. The fraction of sp³-hybridized carbons (Fsp3) is 0.409. The van der Waals surface area contributed by atoms with Crippen LogP contribution >= 0.6 is 23.2 Å². The van der Waals surface area contributed by atoms with Crippen molar-refractivity contribution in [1.82, 2.24) is 4.90 Å². The van der Waals surface area contributed by atoms with Gasteiger partial charge in [0.25, 0.3) is 5.91 Å². The van der Waals surface area contributed by atoms with E-state index in [1.807, 2.05) is 30.3 Å². The average molecular weight is 420 g/mol. The van der Waals surface area contributed by atoms with E-state index in [1.54, 1.807) is 12.1 Å². The molecule has 2 aromatic carbocycles. The van der Waals surface area contributed by atoms with Gasteiger partial charge in [-0.2, -0.15) is 0 Å². The van der Waals surface area contributed by atoms with Crippen LogP contribution in [0, 0.1) is 0 Å². The second-order valence-electron chi connectivity index (χ2n) is 7.88. The van der Waals surface area contributed by atoms with E-state index < -0.39 is 5.41 Å². The molecule has 0 aliphatic carbocycles. The molecule has 0 saturated carbocycles. The molecule has 1 amide bonds. The lowest BCUT2D eigenvalue weighted by atomic mass is 9.68. The lowest BCUT2D eigenvalue weighted by molar-refractivity contribution is -0.123. The maximum absolute atomic E-state index is 13.7. The minimum atomic E-state index is -1.00. The molecule has 0 bridgehead atoms. The zero-order valence-corrected chi connectivity index (χ0v) is 18.3. The summed E-state index contributed by atoms with van der Waals surface area (Å²) in [7, 11) is 0. The zero-order chi connectivity index (χ0) is 20.7. The molecule has 1 heterocycles. The maximum atomic E-state index is 13.7. The van der Waals surface area contributed by atoms with Gasteiger partial charge in [-0.05, 0) is 68.8 Å². The van der Waals surface area contributed by atoms with Crippen LogP contribution in [0.2, 0.25) is 10.0 Å². The number of benzene rings is 2. The Morgan fingerprint density at radius 2 is 1.71 bits per heavy atom. The highest BCUT2D eigenvalue weighted by Crippen LogP contribution is 2.52. The Morgan fingerprint density at radius 3 is 2.32 bits per heavy atom. The predicted octanol–water partition coefficient (Wildman–Crippen LogP) is 5.01. The third-order valence-corrected chi connectivity index (χ3v) is 6.48. The van der Waals surface area contributed by atoms with Crippen molar-refractivity contribution in [2.45, 2.75) is 45.1 Å². The van der Waals surface area contributed by atoms with Gasteiger partial charge in [0.2, 0.25) is 0 Å². The van der Waals surface area contributed by atoms with Gasteiger partial charge in [-0.15, -0.1) is 0 Å². The van der Waals surface area contributed by atoms with E-state index in [4.69, 9.17) is 29.0 Å². The van der Waals surface area contributed by atoms with Crippen LogP contribution in [0.25, 0.3) is 0 Å². The fourth-order valence-corrected chi connectivity index (χ4v) is 5.13. The third kappa shape index (κ3) is 3.22. The molecule has 0 radical (unpaired) electrons. The Balaban J connectivity index is 2.31. The van der Waals surface area contributed by atoms with Crippen molar-refractivity contribution in [3.8, 4) is 0 Å². The van der Waals surface area contributed by atoms with Crippen molar-refractivity contribution in [1.29, 1.82) is 0 Å². The number of carbonyl (C=O) groups is 1. The molecule has 0 spiro atoms. The van der Waals surface area contributed by atoms with Crippen LogP contribution in [0.15, 0.2) is 42.5 Å². The standard InChI is InChI=1S/C22H27Cl2N3O/c1-5-26(6-2)21(3,4)14-22(16-9-7-8-10-18(16)24)17-13-15(23)11-12-19(17)27(25)20(22)28/h7-13H,5-6,14,25H2,1-4H3. The maximum Gasteiger partial charge on any atom is 0.256 e. The van der Waals surface area contributed by atoms with E-state index >= 15 is 0 Å². The van der Waals surface area contributed by atoms with Crippen LogP contribution in [0.4, 0.5) is 5.69 Å². The highest BCUT2D eigenvalue weighted by atomic mass is 35.5. The minimum Gasteiger partial charge on any atom is -0.299 e. The molecule has 2 N–H and O–H groups in total. The van der Waals surface area contributed by atoms with E-state index in [9.17, 15) is 4.79 Å². The van der Waals surface area contributed by atoms with Crippen molar-refractivity contribution < 1.29 is 4.79 Å². The summed E-state index contributed by atoms with van der Waals surface area (Å²) in [6.07, 6.45) is 0.533. The van der Waals surface area contributed by atoms with Crippen molar-refractivity contribution in [2.75, 3.05) is 18.1 Å². The molecular formula is C22H27Cl2N3O. The van der Waals surface area contributed by atoms with Crippen LogP contribution in [0.3, 0.4) is 0 Å². The Hall–Kier alpha value is -1.59. The number of hydrogen-bond donors (Lipinski definition) is 1. The molecule has 1 aliphatic heterocycles. The summed E-state index contributed by atoms with van der Waals surface area (Å²) in [5.41, 5.74) is 0.964. The Bertz CT molecular complexity index is 895. The number of amides is 1. The van der Waals surface area contributed by atoms with Crippen LogP contribution in [0.1, 0.15) is 45.2 Å². The van der Waals surface area contributed by atoms with E-state index in [0.717, 1.165) is 24.2 Å². The van der Waals surface area contributed by atoms with Crippen LogP contribution in [-0.4, -0.2) is 29.4 Å². The van der Waals surface area contributed by atoms with Crippen molar-refractivity contribution in [3.05, 3.63) is 63.6 Å². The normalized spacial score (nSPS) is 19.4. The molecule has 0 fully saturated rings. The summed E-state index contributed by atoms with van der Waals surface area (Å²) in [6.45, 7) is 10.3. The van der Waals surface area contributed by atoms with Crippen molar-refractivity contribution in [2.24, 2.45) is 5.84 Å². The number of rotatable bonds is 6. The Kier molecular flexibility index (Phi) is 5.79. The lowest BCUT2D eigenvalue weighted by Crippen LogP contribution is -2.53. The van der Waals surface area contributed by atoms with Gasteiger partial charge in [0, 0.05) is 15.6 Å². The molecule has 2 aromatic rings. The highest BCUT2D eigenvalue weighted by molar-refractivity contribution is 6.32. The number of nitrogens with zero attached hydrogens (tertiary/aromatic N) is 2. The van der Waals surface area contributed by atoms with Gasteiger partial charge in [-0.3, -0.25) is 9.69 Å². The van der Waals surface area contributed by atoms with E-state index in [-0.39, 0.29) is 11.4 Å². The Morgan fingerprint density at radius 1 is 1.07 bits per heavy atom. The first-order valence-electron chi connectivity index (χ1n) is 9.58. The number of halogens is 2. The van der Waals surface area contributed by atoms with E-state index in [1.165, 1.54) is 5.01 Å². The number of carbonyl (C=O) groups excluding carboxylic acids is 1. The summed E-state index contributed by atoms with van der Waals surface area (Å²) >= 11 is 13.0. The molecule has 1 aliphatic rings. The van der Waals surface area contributed by atoms with Crippen LogP contribution < -0.4 is 10.9 Å². The monoisotopic (exact) mass is 419 g/mol. The number of hydrazine groups is 1. The highest BCUT2D eigenvalue weighted by Gasteiger charge is 2.55. The smallest absolute Gasteiger partial charge is 0.256 e. The largest absolute Gasteiger partial charge is 0.299 e. The molecule has 0 saturated heterocycles. The second-order valence-corrected chi connectivity index (χ2v) is 8.73. The topological polar surface area (TPSA) is 49.6 Å². The summed E-state index contributed by atoms with van der Waals surface area (Å²) < 4.78 is 0. The van der Waals surface area contributed by atoms with E-state index in [0.29, 0.717) is 22.2 Å². The minimum absolute atomic E-state index is 0.182. The second kappa shape index (κ2) is 7.68. The average Bonchev–Trinajstić information content (AvgIpc) is 2.84. The molecule has 150 valence electrons. The molecule has 4 nitrogen and oxygen atoms in total. The zero-order valence-electron chi connectivity index (χ0n) is 16.8. The molecule has 28 heavy (non-hydrogen) atoms. The van der Waals surface area contributed by atoms with Gasteiger partial charge in [-0.1, -0.05) is 55.2 Å². The van der Waals surface area contributed by atoms with Crippen molar-refractivity contribution in [3.63, 3.8) is 0 Å².